The van der Waals surface area contributed by atoms with Gasteiger partial charge in [0.25, 0.3) is 0 Å². The fourth-order valence-electron chi connectivity index (χ4n) is 0.143. The first-order valence-electron chi connectivity index (χ1n) is 1.77. The maximum Gasteiger partial charge on any atom is 0.328 e. The summed E-state index contributed by atoms with van der Waals surface area (Å²) in [6, 6.07) is 0. The molecule has 0 aromatic heterocycles. The molecule has 10 heavy (non-hydrogen) atoms. The van der Waals surface area contributed by atoms with Gasteiger partial charge in [0.1, 0.15) is 0 Å². The van der Waals surface area contributed by atoms with Crippen LogP contribution in [0.2, 0.25) is 0 Å². The predicted octanol–water partition coefficient (Wildman–Crippen LogP) is 0.868. The molecule has 0 aliphatic carbocycles. The minimum absolute atomic E-state index is 0. The first kappa shape index (κ1) is 16.3. The molecular formula is C4H6Br2O4. The van der Waals surface area contributed by atoms with E-state index in [4.69, 9.17) is 10.2 Å². The maximum atomic E-state index is 9.55. The van der Waals surface area contributed by atoms with Crippen molar-refractivity contribution in [2.75, 3.05) is 0 Å². The molecule has 0 aromatic rings. The van der Waals surface area contributed by atoms with E-state index in [1.165, 1.54) is 0 Å². The Balaban J connectivity index is -0.000000245. The predicted molar refractivity (Wildman–Crippen MR) is 45.1 cm³/mol. The zero-order chi connectivity index (χ0) is 6.57. The molecule has 0 spiro atoms. The lowest BCUT2D eigenvalue weighted by Crippen LogP contribution is -1.91. The van der Waals surface area contributed by atoms with Crippen molar-refractivity contribution in [2.24, 2.45) is 0 Å². The van der Waals surface area contributed by atoms with Gasteiger partial charge in [0, 0.05) is 12.2 Å². The standard InChI is InChI=1S/C4H4O4.2BrH/c5-3(6)1-2-4(7)8;;/h1-2H,(H,5,6)(H,7,8);2*1H/b2-1+;;. The molecule has 0 saturated heterocycles. The van der Waals surface area contributed by atoms with Crippen molar-refractivity contribution in [1.29, 1.82) is 0 Å². The van der Waals surface area contributed by atoms with E-state index in [9.17, 15) is 9.59 Å². The first-order chi connectivity index (χ1) is 3.63. The smallest absolute Gasteiger partial charge is 0.328 e. The summed E-state index contributed by atoms with van der Waals surface area (Å²) in [5.41, 5.74) is 0. The summed E-state index contributed by atoms with van der Waals surface area (Å²) in [5, 5.41) is 15.6. The number of carbonyl (C=O) groups is 2. The highest BCUT2D eigenvalue weighted by Gasteiger charge is 1.88. The number of rotatable bonds is 2. The molecule has 0 fully saturated rings. The number of carboxylic acid groups (broad SMARTS) is 2. The second-order valence-electron chi connectivity index (χ2n) is 1.01. The fourth-order valence-corrected chi connectivity index (χ4v) is 0.143. The van der Waals surface area contributed by atoms with Crippen molar-refractivity contribution in [3.05, 3.63) is 12.2 Å². The van der Waals surface area contributed by atoms with Gasteiger partial charge in [0.15, 0.2) is 0 Å². The fraction of sp³-hybridized carbons (Fsp3) is 0. The lowest BCUT2D eigenvalue weighted by atomic mass is 10.5. The molecule has 4 nitrogen and oxygen atoms in total. The van der Waals surface area contributed by atoms with Crippen molar-refractivity contribution in [3.63, 3.8) is 0 Å². The van der Waals surface area contributed by atoms with Crippen LogP contribution >= 0.6 is 34.0 Å². The summed E-state index contributed by atoms with van der Waals surface area (Å²) in [7, 11) is 0. The van der Waals surface area contributed by atoms with E-state index in [2.05, 4.69) is 0 Å². The van der Waals surface area contributed by atoms with Gasteiger partial charge in [-0.3, -0.25) is 0 Å². The van der Waals surface area contributed by atoms with Crippen LogP contribution < -0.4 is 0 Å². The second-order valence-corrected chi connectivity index (χ2v) is 1.01. The average Bonchev–Trinajstić information content (AvgIpc) is 1.61. The highest BCUT2D eigenvalue weighted by Crippen LogP contribution is 1.70. The van der Waals surface area contributed by atoms with Gasteiger partial charge in [-0.1, -0.05) is 0 Å². The third-order valence-electron chi connectivity index (χ3n) is 0.368. The molecule has 0 heterocycles. The first-order valence-corrected chi connectivity index (χ1v) is 1.77. The normalized spacial score (nSPS) is 7.60. The van der Waals surface area contributed by atoms with E-state index in [1.54, 1.807) is 0 Å². The summed E-state index contributed by atoms with van der Waals surface area (Å²) in [5.74, 6) is -2.51. The van der Waals surface area contributed by atoms with Crippen LogP contribution in [0.15, 0.2) is 12.2 Å². The SMILES string of the molecule is Br.Br.O=C(O)/C=C/C(=O)O. The van der Waals surface area contributed by atoms with Gasteiger partial charge in [-0.25, -0.2) is 9.59 Å². The summed E-state index contributed by atoms with van der Waals surface area (Å²) in [4.78, 5) is 19.1. The molecule has 0 amide bonds. The van der Waals surface area contributed by atoms with E-state index in [1.807, 2.05) is 0 Å². The van der Waals surface area contributed by atoms with Gasteiger partial charge >= 0.3 is 11.9 Å². The number of hydrogen-bond donors (Lipinski definition) is 2. The highest BCUT2D eigenvalue weighted by molar-refractivity contribution is 8.93. The summed E-state index contributed by atoms with van der Waals surface area (Å²) < 4.78 is 0. The Labute approximate surface area is 78.1 Å². The quantitative estimate of drug-likeness (QED) is 0.735. The van der Waals surface area contributed by atoms with Crippen molar-refractivity contribution in [1.82, 2.24) is 0 Å². The van der Waals surface area contributed by atoms with Gasteiger partial charge < -0.3 is 10.2 Å². The molecule has 0 aliphatic rings. The Morgan fingerprint density at radius 3 is 1.20 bits per heavy atom. The van der Waals surface area contributed by atoms with Gasteiger partial charge in [0.2, 0.25) is 0 Å². The van der Waals surface area contributed by atoms with Crippen LogP contribution in [0.4, 0.5) is 0 Å². The van der Waals surface area contributed by atoms with Crippen LogP contribution in [0, 0.1) is 0 Å². The molecule has 2 N–H and O–H groups in total. The number of carboxylic acids is 2. The Kier molecular flexibility index (Phi) is 14.1. The van der Waals surface area contributed by atoms with Crippen LogP contribution in [0.25, 0.3) is 0 Å². The molecule has 0 rings (SSSR count). The number of hydrogen-bond acceptors (Lipinski definition) is 2. The van der Waals surface area contributed by atoms with Crippen molar-refractivity contribution in [3.8, 4) is 0 Å². The summed E-state index contributed by atoms with van der Waals surface area (Å²) in [6.07, 6.45) is 1.12. The van der Waals surface area contributed by atoms with Crippen molar-refractivity contribution in [2.45, 2.75) is 0 Å². The average molecular weight is 278 g/mol. The minimum atomic E-state index is -1.26. The molecular weight excluding hydrogens is 272 g/mol. The largest absolute Gasteiger partial charge is 0.478 e. The number of aliphatic carboxylic acids is 2. The van der Waals surface area contributed by atoms with E-state index in [-0.39, 0.29) is 34.0 Å². The Morgan fingerprint density at radius 1 is 0.900 bits per heavy atom. The zero-order valence-corrected chi connectivity index (χ0v) is 8.11. The van der Waals surface area contributed by atoms with E-state index in [0.717, 1.165) is 0 Å². The molecule has 6 heteroatoms. The van der Waals surface area contributed by atoms with E-state index >= 15 is 0 Å². The van der Waals surface area contributed by atoms with Crippen LogP contribution in [0.3, 0.4) is 0 Å². The van der Waals surface area contributed by atoms with Crippen LogP contribution in [0.5, 0.6) is 0 Å². The van der Waals surface area contributed by atoms with Crippen LogP contribution in [-0.4, -0.2) is 22.2 Å². The Morgan fingerprint density at radius 2 is 1.10 bits per heavy atom. The molecule has 0 radical (unpaired) electrons. The maximum absolute atomic E-state index is 9.55. The van der Waals surface area contributed by atoms with Crippen LogP contribution in [0.1, 0.15) is 0 Å². The van der Waals surface area contributed by atoms with E-state index in [0.29, 0.717) is 12.2 Å². The minimum Gasteiger partial charge on any atom is -0.478 e. The van der Waals surface area contributed by atoms with Crippen LogP contribution in [-0.2, 0) is 9.59 Å². The Hall–Kier alpha value is -0.360. The molecule has 0 atom stereocenters. The molecule has 0 aliphatic heterocycles. The number of halogens is 2. The molecule has 0 saturated carbocycles. The van der Waals surface area contributed by atoms with Gasteiger partial charge in [-0.2, -0.15) is 0 Å². The topological polar surface area (TPSA) is 74.6 Å². The zero-order valence-electron chi connectivity index (χ0n) is 4.68. The molecule has 0 bridgehead atoms. The third kappa shape index (κ3) is 15.6. The molecule has 60 valence electrons. The molecule has 0 unspecified atom stereocenters. The lowest BCUT2D eigenvalue weighted by molar-refractivity contribution is -0.134. The molecule has 0 aromatic carbocycles. The van der Waals surface area contributed by atoms with Crippen molar-refractivity contribution >= 4 is 45.9 Å². The van der Waals surface area contributed by atoms with Gasteiger partial charge in [-0.05, 0) is 0 Å². The third-order valence-corrected chi connectivity index (χ3v) is 0.368. The monoisotopic (exact) mass is 276 g/mol. The Bertz CT molecular complexity index is 126. The highest BCUT2D eigenvalue weighted by atomic mass is 79.9. The summed E-state index contributed by atoms with van der Waals surface area (Å²) >= 11 is 0. The lowest BCUT2D eigenvalue weighted by Gasteiger charge is -1.74. The van der Waals surface area contributed by atoms with Gasteiger partial charge in [0.05, 0.1) is 0 Å². The van der Waals surface area contributed by atoms with E-state index < -0.39 is 11.9 Å². The van der Waals surface area contributed by atoms with Crippen molar-refractivity contribution < 1.29 is 19.8 Å². The van der Waals surface area contributed by atoms with Gasteiger partial charge in [-0.15, -0.1) is 34.0 Å². The summed E-state index contributed by atoms with van der Waals surface area (Å²) in [6.45, 7) is 0. The second kappa shape index (κ2) is 8.64.